The minimum Gasteiger partial charge on any atom is -0.368 e. The smallest absolute Gasteiger partial charge is 0.134 e. The average Bonchev–Trinajstić information content (AvgIpc) is 2.74. The largest absolute Gasteiger partial charge is 0.368 e. The first kappa shape index (κ1) is 16.3. The molecule has 1 aliphatic rings. The summed E-state index contributed by atoms with van der Waals surface area (Å²) in [6.07, 6.45) is 5.23. The highest BCUT2D eigenvalue weighted by molar-refractivity contribution is 5.52. The van der Waals surface area contributed by atoms with Crippen LogP contribution in [0.4, 0.5) is 17.3 Å². The SMILES string of the molecule is c1ccc(N2CCN(c3cc(NCc4ccncc4)ncn3)CC2)cc1. The van der Waals surface area contributed by atoms with Gasteiger partial charge in [-0.15, -0.1) is 0 Å². The van der Waals surface area contributed by atoms with Gasteiger partial charge in [0, 0.05) is 56.9 Å². The van der Waals surface area contributed by atoms with Crippen LogP contribution in [0.1, 0.15) is 5.56 Å². The maximum atomic E-state index is 4.46. The molecule has 0 radical (unpaired) electrons. The molecule has 6 nitrogen and oxygen atoms in total. The van der Waals surface area contributed by atoms with Crippen LogP contribution >= 0.6 is 0 Å². The van der Waals surface area contributed by atoms with E-state index in [9.17, 15) is 0 Å². The van der Waals surface area contributed by atoms with E-state index >= 15 is 0 Å². The van der Waals surface area contributed by atoms with E-state index in [2.05, 4.69) is 60.4 Å². The van der Waals surface area contributed by atoms with Gasteiger partial charge in [-0.1, -0.05) is 18.2 Å². The molecule has 0 bridgehead atoms. The highest BCUT2D eigenvalue weighted by Gasteiger charge is 2.18. The second-order valence-electron chi connectivity index (χ2n) is 6.28. The van der Waals surface area contributed by atoms with E-state index in [0.29, 0.717) is 0 Å². The van der Waals surface area contributed by atoms with E-state index in [4.69, 9.17) is 0 Å². The molecule has 132 valence electrons. The number of piperazine rings is 1. The van der Waals surface area contributed by atoms with Crippen LogP contribution in [0.15, 0.2) is 67.3 Å². The Bertz CT molecular complexity index is 816. The van der Waals surface area contributed by atoms with Crippen LogP contribution in [0, 0.1) is 0 Å². The monoisotopic (exact) mass is 346 g/mol. The van der Waals surface area contributed by atoms with Gasteiger partial charge in [-0.3, -0.25) is 4.98 Å². The van der Waals surface area contributed by atoms with Gasteiger partial charge in [0.15, 0.2) is 0 Å². The van der Waals surface area contributed by atoms with Crippen molar-refractivity contribution >= 4 is 17.3 Å². The lowest BCUT2D eigenvalue weighted by Gasteiger charge is -2.36. The molecule has 0 aliphatic carbocycles. The normalized spacial score (nSPS) is 14.3. The van der Waals surface area contributed by atoms with Gasteiger partial charge in [0.2, 0.25) is 0 Å². The maximum absolute atomic E-state index is 4.46. The average molecular weight is 346 g/mol. The Hall–Kier alpha value is -3.15. The van der Waals surface area contributed by atoms with Crippen LogP contribution in [0.2, 0.25) is 0 Å². The Morgan fingerprint density at radius 1 is 0.846 bits per heavy atom. The van der Waals surface area contributed by atoms with Crippen molar-refractivity contribution in [3.8, 4) is 0 Å². The van der Waals surface area contributed by atoms with E-state index in [1.807, 2.05) is 18.2 Å². The number of nitrogens with zero attached hydrogens (tertiary/aromatic N) is 5. The van der Waals surface area contributed by atoms with Gasteiger partial charge in [-0.2, -0.15) is 0 Å². The molecule has 0 unspecified atom stereocenters. The zero-order valence-corrected chi connectivity index (χ0v) is 14.6. The lowest BCUT2D eigenvalue weighted by Crippen LogP contribution is -2.46. The molecular formula is C20H22N6. The van der Waals surface area contributed by atoms with Crippen LogP contribution < -0.4 is 15.1 Å². The van der Waals surface area contributed by atoms with Crippen LogP contribution in [0.5, 0.6) is 0 Å². The third-order valence-corrected chi connectivity index (χ3v) is 4.60. The second kappa shape index (κ2) is 7.82. The van der Waals surface area contributed by atoms with E-state index in [-0.39, 0.29) is 0 Å². The molecule has 1 aliphatic heterocycles. The number of anilines is 3. The topological polar surface area (TPSA) is 57.2 Å². The van der Waals surface area contributed by atoms with Crippen molar-refractivity contribution < 1.29 is 0 Å². The molecule has 6 heteroatoms. The first-order valence-corrected chi connectivity index (χ1v) is 8.88. The summed E-state index contributed by atoms with van der Waals surface area (Å²) in [6, 6.07) is 16.6. The molecule has 3 aromatic rings. The summed E-state index contributed by atoms with van der Waals surface area (Å²) in [5.41, 5.74) is 2.46. The summed E-state index contributed by atoms with van der Waals surface area (Å²) in [5, 5.41) is 3.36. The lowest BCUT2D eigenvalue weighted by atomic mass is 10.2. The van der Waals surface area contributed by atoms with E-state index in [1.54, 1.807) is 18.7 Å². The summed E-state index contributed by atoms with van der Waals surface area (Å²) >= 11 is 0. The third kappa shape index (κ3) is 3.91. The van der Waals surface area contributed by atoms with Crippen LogP contribution in [0.3, 0.4) is 0 Å². The summed E-state index contributed by atoms with van der Waals surface area (Å²) < 4.78 is 0. The number of pyridine rings is 1. The highest BCUT2D eigenvalue weighted by atomic mass is 15.3. The number of aromatic nitrogens is 3. The zero-order chi connectivity index (χ0) is 17.6. The molecular weight excluding hydrogens is 324 g/mol. The molecule has 1 aromatic carbocycles. The van der Waals surface area contributed by atoms with Crippen molar-refractivity contribution in [1.29, 1.82) is 0 Å². The molecule has 1 N–H and O–H groups in total. The predicted octanol–water partition coefficient (Wildman–Crippen LogP) is 2.81. The summed E-state index contributed by atoms with van der Waals surface area (Å²) in [6.45, 7) is 4.62. The Kier molecular flexibility index (Phi) is 4.91. The zero-order valence-electron chi connectivity index (χ0n) is 14.6. The van der Waals surface area contributed by atoms with Gasteiger partial charge < -0.3 is 15.1 Å². The van der Waals surface area contributed by atoms with Gasteiger partial charge >= 0.3 is 0 Å². The van der Waals surface area contributed by atoms with E-state index < -0.39 is 0 Å². The molecule has 1 saturated heterocycles. The van der Waals surface area contributed by atoms with E-state index in [0.717, 1.165) is 44.4 Å². The van der Waals surface area contributed by atoms with Gasteiger partial charge in [-0.05, 0) is 29.8 Å². The van der Waals surface area contributed by atoms with Crippen molar-refractivity contribution in [2.75, 3.05) is 41.3 Å². The van der Waals surface area contributed by atoms with Gasteiger partial charge in [0.25, 0.3) is 0 Å². The quantitative estimate of drug-likeness (QED) is 0.767. The Balaban J connectivity index is 1.36. The molecule has 1 fully saturated rings. The fourth-order valence-electron chi connectivity index (χ4n) is 3.14. The number of hydrogen-bond donors (Lipinski definition) is 1. The second-order valence-corrected chi connectivity index (χ2v) is 6.28. The number of benzene rings is 1. The molecule has 0 atom stereocenters. The van der Waals surface area contributed by atoms with Crippen LogP contribution in [-0.4, -0.2) is 41.1 Å². The minimum absolute atomic E-state index is 0.723. The third-order valence-electron chi connectivity index (χ3n) is 4.60. The number of nitrogens with one attached hydrogen (secondary N) is 1. The first-order valence-electron chi connectivity index (χ1n) is 8.88. The fraction of sp³-hybridized carbons (Fsp3) is 0.250. The number of para-hydroxylation sites is 1. The molecule has 3 heterocycles. The van der Waals surface area contributed by atoms with Crippen LogP contribution in [0.25, 0.3) is 0 Å². The highest BCUT2D eigenvalue weighted by Crippen LogP contribution is 2.20. The molecule has 4 rings (SSSR count). The maximum Gasteiger partial charge on any atom is 0.134 e. The summed E-state index contributed by atoms with van der Waals surface area (Å²) in [5.74, 6) is 1.82. The Morgan fingerprint density at radius 3 is 2.35 bits per heavy atom. The predicted molar refractivity (Wildman–Crippen MR) is 104 cm³/mol. The van der Waals surface area contributed by atoms with Crippen molar-refractivity contribution in [1.82, 2.24) is 15.0 Å². The Morgan fingerprint density at radius 2 is 1.58 bits per heavy atom. The minimum atomic E-state index is 0.723. The van der Waals surface area contributed by atoms with Crippen molar-refractivity contribution in [2.45, 2.75) is 6.54 Å². The summed E-state index contributed by atoms with van der Waals surface area (Å²) in [4.78, 5) is 17.6. The van der Waals surface area contributed by atoms with Crippen molar-refractivity contribution in [3.05, 3.63) is 72.8 Å². The van der Waals surface area contributed by atoms with Gasteiger partial charge in [0.1, 0.15) is 18.0 Å². The molecule has 26 heavy (non-hydrogen) atoms. The van der Waals surface area contributed by atoms with Crippen molar-refractivity contribution in [2.24, 2.45) is 0 Å². The molecule has 0 saturated carbocycles. The standard InChI is InChI=1S/C20H22N6/c1-2-4-18(5-3-1)25-10-12-26(13-11-25)20-14-19(23-16-24-20)22-15-17-6-8-21-9-7-17/h1-9,14,16H,10-13,15H2,(H,22,23,24). The fourth-order valence-corrected chi connectivity index (χ4v) is 3.14. The lowest BCUT2D eigenvalue weighted by molar-refractivity contribution is 0.647. The van der Waals surface area contributed by atoms with Gasteiger partial charge in [-0.25, -0.2) is 9.97 Å². The Labute approximate surface area is 153 Å². The van der Waals surface area contributed by atoms with Gasteiger partial charge in [0.05, 0.1) is 0 Å². The molecule has 0 spiro atoms. The van der Waals surface area contributed by atoms with E-state index in [1.165, 1.54) is 11.3 Å². The molecule has 2 aromatic heterocycles. The van der Waals surface area contributed by atoms with Crippen molar-refractivity contribution in [3.63, 3.8) is 0 Å². The summed E-state index contributed by atoms with van der Waals surface area (Å²) in [7, 11) is 0. The van der Waals surface area contributed by atoms with Crippen LogP contribution in [-0.2, 0) is 6.54 Å². The number of rotatable bonds is 5. The molecule has 0 amide bonds. The first-order chi connectivity index (χ1) is 12.9. The number of hydrogen-bond acceptors (Lipinski definition) is 6.